The zero-order valence-corrected chi connectivity index (χ0v) is 17.3. The Labute approximate surface area is 180 Å². The molecule has 3 atom stereocenters. The van der Waals surface area contributed by atoms with E-state index in [-0.39, 0.29) is 39.1 Å². The standard InChI is InChI=1S/C21H19ClN2O7/c1-24(2)15-9-6-7-5-8-10(22)3-4-11(25)13(8)16(26)12(7)18(28)21(9,31)19(29)14(17(15)27)20(23)30/h3-5,9,15,25-26,29,31H,6H2,1-2H3,(H2,23,30)/t9-,15-,21-/m0/s1. The number of halogens is 1. The van der Waals surface area contributed by atoms with Gasteiger partial charge >= 0.3 is 0 Å². The number of hydrogen-bond donors (Lipinski definition) is 5. The number of primary amides is 1. The molecule has 2 aromatic carbocycles. The van der Waals surface area contributed by atoms with Crippen molar-refractivity contribution in [1.29, 1.82) is 0 Å². The lowest BCUT2D eigenvalue weighted by molar-refractivity contribution is -0.132. The normalized spacial score (nSPS) is 25.7. The van der Waals surface area contributed by atoms with Crippen molar-refractivity contribution in [2.75, 3.05) is 14.1 Å². The number of aliphatic hydroxyl groups is 2. The molecule has 6 N–H and O–H groups in total. The molecule has 2 aliphatic carbocycles. The molecule has 0 aromatic heterocycles. The van der Waals surface area contributed by atoms with Gasteiger partial charge in [0, 0.05) is 16.3 Å². The molecule has 0 bridgehead atoms. The summed E-state index contributed by atoms with van der Waals surface area (Å²) in [6.45, 7) is 0. The molecule has 4 rings (SSSR count). The van der Waals surface area contributed by atoms with Gasteiger partial charge in [-0.25, -0.2) is 0 Å². The van der Waals surface area contributed by atoms with Crippen molar-refractivity contribution in [3.8, 4) is 11.5 Å². The Morgan fingerprint density at radius 3 is 2.45 bits per heavy atom. The van der Waals surface area contributed by atoms with Crippen molar-refractivity contribution >= 4 is 39.8 Å². The second kappa shape index (κ2) is 6.68. The molecule has 1 amide bonds. The number of nitrogens with two attached hydrogens (primary N) is 1. The molecule has 0 heterocycles. The van der Waals surface area contributed by atoms with Gasteiger partial charge in [-0.1, -0.05) is 11.6 Å². The highest BCUT2D eigenvalue weighted by Gasteiger charge is 2.62. The Morgan fingerprint density at radius 1 is 1.23 bits per heavy atom. The van der Waals surface area contributed by atoms with Gasteiger partial charge in [0.15, 0.2) is 11.4 Å². The monoisotopic (exact) mass is 446 g/mol. The molecular formula is C21H19ClN2O7. The molecular weight excluding hydrogens is 428 g/mol. The fourth-order valence-electron chi connectivity index (χ4n) is 4.75. The van der Waals surface area contributed by atoms with Crippen molar-refractivity contribution in [3.05, 3.63) is 45.7 Å². The van der Waals surface area contributed by atoms with Crippen LogP contribution in [-0.2, 0) is 16.0 Å². The number of phenols is 2. The Kier molecular flexibility index (Phi) is 4.55. The Morgan fingerprint density at radius 2 is 1.87 bits per heavy atom. The lowest BCUT2D eigenvalue weighted by Crippen LogP contribution is -2.64. The first kappa shape index (κ1) is 21.1. The van der Waals surface area contributed by atoms with E-state index in [2.05, 4.69) is 0 Å². The number of carbonyl (C=O) groups excluding carboxylic acids is 3. The fourth-order valence-corrected chi connectivity index (χ4v) is 4.96. The van der Waals surface area contributed by atoms with E-state index in [1.54, 1.807) is 0 Å². The summed E-state index contributed by atoms with van der Waals surface area (Å²) in [5.41, 5.74) is 1.64. The SMILES string of the molecule is CN(C)[C@@H]1C(=O)C(C(N)=O)=C(O)[C@@]2(O)C(=O)c3c(cc4c(Cl)ccc(O)c4c3O)C[C@@H]12. The van der Waals surface area contributed by atoms with Crippen molar-refractivity contribution in [2.45, 2.75) is 18.1 Å². The van der Waals surface area contributed by atoms with E-state index >= 15 is 0 Å². The first-order chi connectivity index (χ1) is 14.4. The largest absolute Gasteiger partial charge is 0.508 e. The van der Waals surface area contributed by atoms with E-state index in [1.165, 1.54) is 37.2 Å². The summed E-state index contributed by atoms with van der Waals surface area (Å²) in [5, 5.41) is 43.5. The number of aliphatic hydroxyl groups excluding tert-OH is 1. The fraction of sp³-hybridized carbons (Fsp3) is 0.286. The summed E-state index contributed by atoms with van der Waals surface area (Å²) >= 11 is 6.21. The third kappa shape index (κ3) is 2.60. The molecule has 0 unspecified atom stereocenters. The summed E-state index contributed by atoms with van der Waals surface area (Å²) in [5.74, 6) is -6.51. The van der Waals surface area contributed by atoms with Crippen LogP contribution in [0.5, 0.6) is 11.5 Å². The van der Waals surface area contributed by atoms with Crippen molar-refractivity contribution in [1.82, 2.24) is 4.90 Å². The Hall–Kier alpha value is -3.14. The molecule has 0 fully saturated rings. The highest BCUT2D eigenvalue weighted by atomic mass is 35.5. The number of ketones is 2. The smallest absolute Gasteiger partial charge is 0.255 e. The van der Waals surface area contributed by atoms with Crippen molar-refractivity contribution in [3.63, 3.8) is 0 Å². The number of phenolic OH excluding ortho intramolecular Hbond substituents is 2. The first-order valence-corrected chi connectivity index (χ1v) is 9.68. The lowest BCUT2D eigenvalue weighted by Gasteiger charge is -2.47. The number of amides is 1. The second-order valence-corrected chi connectivity index (χ2v) is 8.42. The molecule has 9 nitrogen and oxygen atoms in total. The third-order valence-corrected chi connectivity index (χ3v) is 6.46. The van der Waals surface area contributed by atoms with E-state index < -0.39 is 52.1 Å². The van der Waals surface area contributed by atoms with Crippen LogP contribution in [0.25, 0.3) is 10.8 Å². The topological polar surface area (TPSA) is 161 Å². The van der Waals surface area contributed by atoms with Crippen LogP contribution in [0.3, 0.4) is 0 Å². The average molecular weight is 447 g/mol. The van der Waals surface area contributed by atoms with Crippen LogP contribution in [0.2, 0.25) is 5.02 Å². The minimum atomic E-state index is -2.68. The van der Waals surface area contributed by atoms with Crippen LogP contribution in [0.15, 0.2) is 29.5 Å². The second-order valence-electron chi connectivity index (χ2n) is 8.02. The van der Waals surface area contributed by atoms with Gasteiger partial charge in [-0.05, 0) is 44.3 Å². The molecule has 2 aromatic rings. The number of rotatable bonds is 2. The first-order valence-electron chi connectivity index (χ1n) is 9.30. The molecule has 0 spiro atoms. The van der Waals surface area contributed by atoms with Crippen LogP contribution in [0, 0.1) is 5.92 Å². The highest BCUT2D eigenvalue weighted by molar-refractivity contribution is 6.36. The van der Waals surface area contributed by atoms with E-state index in [1.807, 2.05) is 0 Å². The molecule has 0 saturated carbocycles. The highest BCUT2D eigenvalue weighted by Crippen LogP contribution is 2.50. The summed E-state index contributed by atoms with van der Waals surface area (Å²) in [6, 6.07) is 3.00. The van der Waals surface area contributed by atoms with Gasteiger partial charge in [-0.3, -0.25) is 19.3 Å². The average Bonchev–Trinajstić information content (AvgIpc) is 2.67. The summed E-state index contributed by atoms with van der Waals surface area (Å²) in [4.78, 5) is 39.7. The molecule has 0 radical (unpaired) electrons. The maximum atomic E-state index is 13.5. The predicted molar refractivity (Wildman–Crippen MR) is 110 cm³/mol. The van der Waals surface area contributed by atoms with E-state index in [9.17, 15) is 34.8 Å². The van der Waals surface area contributed by atoms with Crippen molar-refractivity contribution < 1.29 is 34.8 Å². The van der Waals surface area contributed by atoms with Gasteiger partial charge < -0.3 is 26.2 Å². The van der Waals surface area contributed by atoms with Crippen LogP contribution in [0.4, 0.5) is 0 Å². The van der Waals surface area contributed by atoms with Crippen LogP contribution in [0.1, 0.15) is 15.9 Å². The molecule has 31 heavy (non-hydrogen) atoms. The number of hydrogen-bond acceptors (Lipinski definition) is 8. The van der Waals surface area contributed by atoms with Gasteiger partial charge in [0.2, 0.25) is 5.78 Å². The molecule has 162 valence electrons. The number of aromatic hydroxyl groups is 2. The van der Waals surface area contributed by atoms with Crippen LogP contribution in [-0.4, -0.2) is 68.5 Å². The molecule has 10 heteroatoms. The summed E-state index contributed by atoms with van der Waals surface area (Å²) in [7, 11) is 3.05. The van der Waals surface area contributed by atoms with Gasteiger partial charge in [0.1, 0.15) is 22.8 Å². The van der Waals surface area contributed by atoms with Crippen LogP contribution < -0.4 is 5.73 Å². The Bertz CT molecular complexity index is 1240. The van der Waals surface area contributed by atoms with Crippen molar-refractivity contribution in [2.24, 2.45) is 11.7 Å². The predicted octanol–water partition coefficient (Wildman–Crippen LogP) is 0.801. The third-order valence-electron chi connectivity index (χ3n) is 6.13. The van der Waals surface area contributed by atoms with Gasteiger partial charge in [-0.2, -0.15) is 0 Å². The lowest BCUT2D eigenvalue weighted by atomic mass is 9.62. The molecule has 2 aliphatic rings. The zero-order chi connectivity index (χ0) is 23.0. The van der Waals surface area contributed by atoms with Gasteiger partial charge in [-0.15, -0.1) is 0 Å². The molecule has 0 aliphatic heterocycles. The van der Waals surface area contributed by atoms with Gasteiger partial charge in [0.25, 0.3) is 5.91 Å². The molecule has 0 saturated heterocycles. The Balaban J connectivity index is 2.08. The number of nitrogens with zero attached hydrogens (tertiary/aromatic N) is 1. The number of carbonyl (C=O) groups is 3. The van der Waals surface area contributed by atoms with E-state index in [0.717, 1.165) is 0 Å². The number of fused-ring (bicyclic) bond motifs is 3. The minimum Gasteiger partial charge on any atom is -0.508 e. The summed E-state index contributed by atoms with van der Waals surface area (Å²) in [6.07, 6.45) is -0.113. The van der Waals surface area contributed by atoms with E-state index in [0.29, 0.717) is 0 Å². The maximum Gasteiger partial charge on any atom is 0.255 e. The number of benzene rings is 2. The van der Waals surface area contributed by atoms with Gasteiger partial charge in [0.05, 0.1) is 17.0 Å². The summed E-state index contributed by atoms with van der Waals surface area (Å²) < 4.78 is 0. The minimum absolute atomic E-state index is 0.101. The zero-order valence-electron chi connectivity index (χ0n) is 16.5. The van der Waals surface area contributed by atoms with Crippen LogP contribution >= 0.6 is 11.6 Å². The number of Topliss-reactive ketones (excluding diaryl/α,β-unsaturated/α-hetero) is 2. The quantitative estimate of drug-likeness (QED) is 0.423. The number of likely N-dealkylation sites (N-methyl/N-ethyl adjacent to an activating group) is 1. The van der Waals surface area contributed by atoms with E-state index in [4.69, 9.17) is 17.3 Å². The maximum absolute atomic E-state index is 13.5.